The normalized spacial score (nSPS) is 21.1. The summed E-state index contributed by atoms with van der Waals surface area (Å²) in [5, 5.41) is 0. The summed E-state index contributed by atoms with van der Waals surface area (Å²) in [4.78, 5) is 14.5. The minimum absolute atomic E-state index is 0. The van der Waals surface area contributed by atoms with Gasteiger partial charge in [-0.3, -0.25) is 9.98 Å². The summed E-state index contributed by atoms with van der Waals surface area (Å²) in [6, 6.07) is 7.25. The molecule has 0 unspecified atom stereocenters. The van der Waals surface area contributed by atoms with Crippen LogP contribution in [-0.2, 0) is 34.1 Å². The summed E-state index contributed by atoms with van der Waals surface area (Å²) in [6.45, 7) is 4.18. The van der Waals surface area contributed by atoms with Gasteiger partial charge in [0.2, 0.25) is 0 Å². The van der Waals surface area contributed by atoms with E-state index >= 15 is 0 Å². The average Bonchev–Trinajstić information content (AvgIpc) is 3.62. The fraction of sp³-hybridized carbons (Fsp3) is 0.759. The van der Waals surface area contributed by atoms with Gasteiger partial charge in [0.05, 0.1) is 34.9 Å². The van der Waals surface area contributed by atoms with Crippen LogP contribution in [0, 0.1) is 0 Å². The molecular formula is C29H47Fe2N3. The Morgan fingerprint density at radius 1 is 0.559 bits per heavy atom. The van der Waals surface area contributed by atoms with Gasteiger partial charge in [-0.1, -0.05) is 96.0 Å². The van der Waals surface area contributed by atoms with Crippen molar-refractivity contribution in [2.75, 3.05) is 0 Å². The van der Waals surface area contributed by atoms with Gasteiger partial charge in [0.25, 0.3) is 0 Å². The van der Waals surface area contributed by atoms with Crippen LogP contribution in [0.1, 0.15) is 141 Å². The molecule has 0 atom stereocenters. The van der Waals surface area contributed by atoms with E-state index in [9.17, 15) is 0 Å². The van der Waals surface area contributed by atoms with Crippen LogP contribution in [0.25, 0.3) is 0 Å². The SMILES string of the molecule is C1CCCC1.C1CCCC1.CC(=NC1CCCC1)c1cccc(C(C)=NC2CCCC2)n1.[Fe].[Fe]. The van der Waals surface area contributed by atoms with E-state index in [1.165, 1.54) is 116 Å². The standard InChI is InChI=1S/C19H27N3.2C5H10.2Fe/c1-14(20-16-8-3-4-9-16)18-12-7-13-19(22-18)15(2)21-17-10-5-6-11-17;2*1-2-4-5-3-1;;/h7,12-13,16-17H,3-6,8-11H2,1-2H3;2*1-5H2;;. The Kier molecular flexibility index (Phi) is 17.4. The summed E-state index contributed by atoms with van der Waals surface area (Å²) in [5.41, 5.74) is 4.15. The molecule has 0 amide bonds. The first-order chi connectivity index (χ1) is 15.7. The molecule has 1 aromatic heterocycles. The van der Waals surface area contributed by atoms with Gasteiger partial charge in [-0.2, -0.15) is 0 Å². The fourth-order valence-corrected chi connectivity index (χ4v) is 5.35. The van der Waals surface area contributed by atoms with Gasteiger partial charge in [0.1, 0.15) is 0 Å². The molecule has 194 valence electrons. The first kappa shape index (κ1) is 31.6. The number of hydrogen-bond acceptors (Lipinski definition) is 3. The summed E-state index contributed by atoms with van der Waals surface area (Å²) < 4.78 is 0. The average molecular weight is 549 g/mol. The third-order valence-corrected chi connectivity index (χ3v) is 7.39. The Labute approximate surface area is 230 Å². The summed E-state index contributed by atoms with van der Waals surface area (Å²) in [7, 11) is 0. The molecule has 1 aromatic rings. The molecule has 0 spiro atoms. The third-order valence-electron chi connectivity index (χ3n) is 7.39. The Hall–Kier alpha value is -0.471. The molecule has 3 nitrogen and oxygen atoms in total. The van der Waals surface area contributed by atoms with Crippen molar-refractivity contribution in [3.8, 4) is 0 Å². The maximum atomic E-state index is 4.86. The van der Waals surface area contributed by atoms with Crippen molar-refractivity contribution < 1.29 is 34.1 Å². The van der Waals surface area contributed by atoms with E-state index in [1.54, 1.807) is 0 Å². The minimum Gasteiger partial charge on any atom is -0.284 e. The largest absolute Gasteiger partial charge is 0.284 e. The number of nitrogens with zero attached hydrogens (tertiary/aromatic N) is 3. The fourth-order valence-electron chi connectivity index (χ4n) is 5.35. The molecule has 5 heteroatoms. The Balaban J connectivity index is 0.000000399. The van der Waals surface area contributed by atoms with Crippen molar-refractivity contribution in [1.82, 2.24) is 4.98 Å². The Morgan fingerprint density at radius 3 is 1.15 bits per heavy atom. The molecular weight excluding hydrogens is 502 g/mol. The molecule has 4 saturated carbocycles. The molecule has 4 fully saturated rings. The zero-order chi connectivity index (χ0) is 22.4. The number of pyridine rings is 1. The zero-order valence-electron chi connectivity index (χ0n) is 21.7. The quantitative estimate of drug-likeness (QED) is 0.274. The summed E-state index contributed by atoms with van der Waals surface area (Å²) in [6.07, 6.45) is 25.2. The van der Waals surface area contributed by atoms with Gasteiger partial charge in [-0.25, -0.2) is 4.98 Å². The van der Waals surface area contributed by atoms with E-state index < -0.39 is 0 Å². The van der Waals surface area contributed by atoms with Crippen molar-refractivity contribution in [1.29, 1.82) is 0 Å². The van der Waals surface area contributed by atoms with Gasteiger partial charge in [-0.05, 0) is 51.7 Å². The maximum Gasteiger partial charge on any atom is 0.0845 e. The van der Waals surface area contributed by atoms with E-state index in [-0.39, 0.29) is 34.1 Å². The van der Waals surface area contributed by atoms with Crippen LogP contribution in [0.4, 0.5) is 0 Å². The van der Waals surface area contributed by atoms with Crippen molar-refractivity contribution in [2.24, 2.45) is 9.98 Å². The summed E-state index contributed by atoms with van der Waals surface area (Å²) in [5.74, 6) is 0. The number of aliphatic imine (C=N–C) groups is 2. The van der Waals surface area contributed by atoms with E-state index in [1.807, 2.05) is 0 Å². The van der Waals surface area contributed by atoms with Crippen LogP contribution < -0.4 is 0 Å². The molecule has 0 aromatic carbocycles. The predicted molar refractivity (Wildman–Crippen MR) is 139 cm³/mol. The smallest absolute Gasteiger partial charge is 0.0845 e. The summed E-state index contributed by atoms with van der Waals surface area (Å²) >= 11 is 0. The van der Waals surface area contributed by atoms with Crippen LogP contribution in [0.2, 0.25) is 0 Å². The molecule has 0 radical (unpaired) electrons. The van der Waals surface area contributed by atoms with Crippen LogP contribution in [-0.4, -0.2) is 28.5 Å². The molecule has 4 aliphatic carbocycles. The number of hydrogen-bond donors (Lipinski definition) is 0. The van der Waals surface area contributed by atoms with E-state index in [4.69, 9.17) is 15.0 Å². The first-order valence-corrected chi connectivity index (χ1v) is 13.8. The molecule has 4 aliphatic rings. The maximum absolute atomic E-state index is 4.86. The monoisotopic (exact) mass is 549 g/mol. The minimum atomic E-state index is 0. The third kappa shape index (κ3) is 12.0. The Morgan fingerprint density at radius 2 is 0.853 bits per heavy atom. The van der Waals surface area contributed by atoms with Crippen molar-refractivity contribution in [3.63, 3.8) is 0 Å². The van der Waals surface area contributed by atoms with Crippen LogP contribution in [0.3, 0.4) is 0 Å². The predicted octanol–water partition coefficient (Wildman–Crippen LogP) is 8.48. The number of rotatable bonds is 4. The topological polar surface area (TPSA) is 37.6 Å². The second-order valence-corrected chi connectivity index (χ2v) is 10.2. The van der Waals surface area contributed by atoms with Gasteiger partial charge in [0.15, 0.2) is 0 Å². The van der Waals surface area contributed by atoms with Gasteiger partial charge in [-0.15, -0.1) is 0 Å². The van der Waals surface area contributed by atoms with Crippen LogP contribution in [0.15, 0.2) is 28.2 Å². The first-order valence-electron chi connectivity index (χ1n) is 13.8. The molecule has 5 rings (SSSR count). The molecule has 0 saturated heterocycles. The molecule has 0 bridgehead atoms. The van der Waals surface area contributed by atoms with Crippen molar-refractivity contribution in [2.45, 2.75) is 142 Å². The van der Waals surface area contributed by atoms with E-state index in [0.717, 1.165) is 22.8 Å². The number of aromatic nitrogens is 1. The van der Waals surface area contributed by atoms with Gasteiger partial charge in [0, 0.05) is 34.1 Å². The molecule has 34 heavy (non-hydrogen) atoms. The molecule has 0 N–H and O–H groups in total. The van der Waals surface area contributed by atoms with Gasteiger partial charge < -0.3 is 0 Å². The molecule has 1 heterocycles. The Bertz CT molecular complexity index is 639. The second-order valence-electron chi connectivity index (χ2n) is 10.2. The van der Waals surface area contributed by atoms with E-state index in [0.29, 0.717) is 12.1 Å². The van der Waals surface area contributed by atoms with Crippen LogP contribution >= 0.6 is 0 Å². The van der Waals surface area contributed by atoms with Crippen molar-refractivity contribution >= 4 is 11.4 Å². The van der Waals surface area contributed by atoms with Crippen LogP contribution in [0.5, 0.6) is 0 Å². The van der Waals surface area contributed by atoms with E-state index in [2.05, 4.69) is 32.0 Å². The van der Waals surface area contributed by atoms with Crippen molar-refractivity contribution in [3.05, 3.63) is 29.6 Å². The second kappa shape index (κ2) is 18.7. The zero-order valence-corrected chi connectivity index (χ0v) is 23.9. The van der Waals surface area contributed by atoms with Gasteiger partial charge >= 0.3 is 0 Å². The molecule has 0 aliphatic heterocycles.